The van der Waals surface area contributed by atoms with Gasteiger partial charge < -0.3 is 10.2 Å². The molecule has 2 rings (SSSR count). The molecule has 0 atom stereocenters. The van der Waals surface area contributed by atoms with Crippen LogP contribution in [0.2, 0.25) is 0 Å². The van der Waals surface area contributed by atoms with E-state index >= 15 is 0 Å². The van der Waals surface area contributed by atoms with Crippen LogP contribution in [0.3, 0.4) is 0 Å². The Morgan fingerprint density at radius 2 is 1.81 bits per heavy atom. The molecule has 0 radical (unpaired) electrons. The van der Waals surface area contributed by atoms with Crippen molar-refractivity contribution in [2.24, 2.45) is 5.92 Å². The molecule has 0 spiro atoms. The third kappa shape index (κ3) is 2.76. The van der Waals surface area contributed by atoms with Gasteiger partial charge in [0.2, 0.25) is 5.91 Å². The molecular formula is C13H24N2O. The van der Waals surface area contributed by atoms with E-state index in [1.54, 1.807) is 0 Å². The van der Waals surface area contributed by atoms with Crippen molar-refractivity contribution in [2.75, 3.05) is 19.6 Å². The summed E-state index contributed by atoms with van der Waals surface area (Å²) >= 11 is 0. The first-order chi connectivity index (χ1) is 7.81. The summed E-state index contributed by atoms with van der Waals surface area (Å²) in [6.45, 7) is 5.12. The molecule has 1 N–H and O–H groups in total. The third-order valence-electron chi connectivity index (χ3n) is 4.00. The van der Waals surface area contributed by atoms with Gasteiger partial charge in [0, 0.05) is 25.0 Å². The highest BCUT2D eigenvalue weighted by atomic mass is 16.2. The molecule has 0 unspecified atom stereocenters. The van der Waals surface area contributed by atoms with Crippen LogP contribution in [0.15, 0.2) is 0 Å². The van der Waals surface area contributed by atoms with Gasteiger partial charge in [0.25, 0.3) is 0 Å². The highest BCUT2D eigenvalue weighted by Crippen LogP contribution is 2.27. The summed E-state index contributed by atoms with van der Waals surface area (Å²) < 4.78 is 0. The number of carbonyl (C=O) groups excluding carboxylic acids is 1. The summed E-state index contributed by atoms with van der Waals surface area (Å²) in [6, 6.07) is 0.637. The fourth-order valence-corrected chi connectivity index (χ4v) is 3.02. The SMILES string of the molecule is CCNC1CCN(C(=O)C2CCCC2)CC1. The Kier molecular flexibility index (Phi) is 4.22. The van der Waals surface area contributed by atoms with Crippen molar-refractivity contribution in [1.82, 2.24) is 10.2 Å². The van der Waals surface area contributed by atoms with E-state index in [-0.39, 0.29) is 0 Å². The molecule has 1 aliphatic heterocycles. The van der Waals surface area contributed by atoms with Crippen LogP contribution >= 0.6 is 0 Å². The Labute approximate surface area is 98.6 Å². The minimum Gasteiger partial charge on any atom is -0.342 e. The van der Waals surface area contributed by atoms with E-state index in [2.05, 4.69) is 17.1 Å². The molecule has 0 aromatic carbocycles. The maximum absolute atomic E-state index is 12.2. The summed E-state index contributed by atoms with van der Waals surface area (Å²) in [5.41, 5.74) is 0. The van der Waals surface area contributed by atoms with Crippen molar-refractivity contribution in [3.05, 3.63) is 0 Å². The first-order valence-corrected chi connectivity index (χ1v) is 6.83. The van der Waals surface area contributed by atoms with E-state index in [0.29, 0.717) is 17.9 Å². The molecule has 1 saturated heterocycles. The topological polar surface area (TPSA) is 32.3 Å². The molecule has 0 aromatic heterocycles. The largest absolute Gasteiger partial charge is 0.342 e. The highest BCUT2D eigenvalue weighted by molar-refractivity contribution is 5.79. The number of piperidine rings is 1. The van der Waals surface area contributed by atoms with Crippen molar-refractivity contribution in [3.8, 4) is 0 Å². The quantitative estimate of drug-likeness (QED) is 0.792. The molecule has 0 bridgehead atoms. The second-order valence-electron chi connectivity index (χ2n) is 5.14. The van der Waals surface area contributed by atoms with Crippen LogP contribution in [0.25, 0.3) is 0 Å². The van der Waals surface area contributed by atoms with E-state index in [1.807, 2.05) is 0 Å². The average molecular weight is 224 g/mol. The van der Waals surface area contributed by atoms with Gasteiger partial charge in [-0.2, -0.15) is 0 Å². The predicted octanol–water partition coefficient (Wildman–Crippen LogP) is 1.78. The number of hydrogen-bond donors (Lipinski definition) is 1. The first-order valence-electron chi connectivity index (χ1n) is 6.83. The maximum atomic E-state index is 12.2. The van der Waals surface area contributed by atoms with E-state index in [9.17, 15) is 4.79 Å². The molecule has 0 aromatic rings. The minimum absolute atomic E-state index is 0.357. The lowest BCUT2D eigenvalue weighted by atomic mass is 10.0. The molecule has 1 heterocycles. The fraction of sp³-hybridized carbons (Fsp3) is 0.923. The zero-order valence-electron chi connectivity index (χ0n) is 10.4. The van der Waals surface area contributed by atoms with E-state index in [4.69, 9.17) is 0 Å². The van der Waals surface area contributed by atoms with Crippen LogP contribution in [0.1, 0.15) is 45.4 Å². The summed E-state index contributed by atoms with van der Waals surface area (Å²) in [7, 11) is 0. The molecule has 3 heteroatoms. The minimum atomic E-state index is 0.357. The third-order valence-corrected chi connectivity index (χ3v) is 4.00. The first kappa shape index (κ1) is 11.9. The number of carbonyl (C=O) groups is 1. The maximum Gasteiger partial charge on any atom is 0.225 e. The Hall–Kier alpha value is -0.570. The van der Waals surface area contributed by atoms with Crippen LogP contribution in [0, 0.1) is 5.92 Å². The number of nitrogens with zero attached hydrogens (tertiary/aromatic N) is 1. The number of amides is 1. The van der Waals surface area contributed by atoms with Gasteiger partial charge in [-0.3, -0.25) is 4.79 Å². The van der Waals surface area contributed by atoms with Gasteiger partial charge in [-0.15, -0.1) is 0 Å². The van der Waals surface area contributed by atoms with Crippen molar-refractivity contribution in [1.29, 1.82) is 0 Å². The lowest BCUT2D eigenvalue weighted by molar-refractivity contribution is -0.136. The standard InChI is InChI=1S/C13H24N2O/c1-2-14-12-7-9-15(10-8-12)13(16)11-5-3-4-6-11/h11-12,14H,2-10H2,1H3. The smallest absolute Gasteiger partial charge is 0.225 e. The zero-order valence-corrected chi connectivity index (χ0v) is 10.4. The molecular weight excluding hydrogens is 200 g/mol. The van der Waals surface area contributed by atoms with Crippen LogP contribution in [-0.4, -0.2) is 36.5 Å². The van der Waals surface area contributed by atoms with Crippen molar-refractivity contribution in [3.63, 3.8) is 0 Å². The Balaban J connectivity index is 1.77. The Bertz CT molecular complexity index is 228. The fourth-order valence-electron chi connectivity index (χ4n) is 3.02. The Morgan fingerprint density at radius 3 is 2.38 bits per heavy atom. The molecule has 16 heavy (non-hydrogen) atoms. The zero-order chi connectivity index (χ0) is 11.4. The van der Waals surface area contributed by atoms with Gasteiger partial charge >= 0.3 is 0 Å². The number of rotatable bonds is 3. The van der Waals surface area contributed by atoms with Crippen molar-refractivity contribution < 1.29 is 4.79 Å². The molecule has 3 nitrogen and oxygen atoms in total. The summed E-state index contributed by atoms with van der Waals surface area (Å²) in [6.07, 6.45) is 7.03. The lowest BCUT2D eigenvalue weighted by Crippen LogP contribution is -2.46. The summed E-state index contributed by atoms with van der Waals surface area (Å²) in [5.74, 6) is 0.795. The Morgan fingerprint density at radius 1 is 1.19 bits per heavy atom. The van der Waals surface area contributed by atoms with Gasteiger partial charge in [0.15, 0.2) is 0 Å². The monoisotopic (exact) mass is 224 g/mol. The van der Waals surface area contributed by atoms with Gasteiger partial charge in [-0.25, -0.2) is 0 Å². The predicted molar refractivity (Wildman–Crippen MR) is 65.2 cm³/mol. The van der Waals surface area contributed by atoms with Gasteiger partial charge in [0.05, 0.1) is 0 Å². The molecule has 2 aliphatic rings. The lowest BCUT2D eigenvalue weighted by Gasteiger charge is -2.33. The van der Waals surface area contributed by atoms with E-state index < -0.39 is 0 Å². The second kappa shape index (κ2) is 5.67. The highest BCUT2D eigenvalue weighted by Gasteiger charge is 2.29. The van der Waals surface area contributed by atoms with Gasteiger partial charge in [-0.1, -0.05) is 19.8 Å². The second-order valence-corrected chi connectivity index (χ2v) is 5.14. The molecule has 1 amide bonds. The van der Waals surface area contributed by atoms with Gasteiger partial charge in [-0.05, 0) is 32.2 Å². The average Bonchev–Trinajstić information content (AvgIpc) is 2.83. The normalized spacial score (nSPS) is 23.9. The van der Waals surface area contributed by atoms with E-state index in [0.717, 1.165) is 45.3 Å². The van der Waals surface area contributed by atoms with Crippen molar-refractivity contribution in [2.45, 2.75) is 51.5 Å². The van der Waals surface area contributed by atoms with Crippen molar-refractivity contribution >= 4 is 5.91 Å². The molecule has 1 aliphatic carbocycles. The summed E-state index contributed by atoms with van der Waals surface area (Å²) in [5, 5.41) is 3.48. The van der Waals surface area contributed by atoms with E-state index in [1.165, 1.54) is 12.8 Å². The van der Waals surface area contributed by atoms with Crippen LogP contribution in [-0.2, 0) is 4.79 Å². The number of nitrogens with one attached hydrogen (secondary N) is 1. The molecule has 2 fully saturated rings. The van der Waals surface area contributed by atoms with Crippen LogP contribution in [0.4, 0.5) is 0 Å². The number of likely N-dealkylation sites (tertiary alicyclic amines) is 1. The van der Waals surface area contributed by atoms with Crippen LogP contribution in [0.5, 0.6) is 0 Å². The number of hydrogen-bond acceptors (Lipinski definition) is 2. The summed E-state index contributed by atoms with van der Waals surface area (Å²) in [4.78, 5) is 14.3. The van der Waals surface area contributed by atoms with Gasteiger partial charge in [0.1, 0.15) is 0 Å². The molecule has 1 saturated carbocycles. The molecule has 92 valence electrons. The van der Waals surface area contributed by atoms with Crippen LogP contribution < -0.4 is 5.32 Å².